The molecular weight excluding hydrogens is 520 g/mol. The maximum atomic E-state index is 6.98. The fourth-order valence-electron chi connectivity index (χ4n) is 7.37. The maximum Gasteiger partial charge on any atom is 0.0517 e. The normalized spacial score (nSPS) is 21.3. The van der Waals surface area contributed by atoms with E-state index >= 15 is 0 Å². The van der Waals surface area contributed by atoms with E-state index in [-0.39, 0.29) is 11.0 Å². The highest BCUT2D eigenvalue weighted by Crippen LogP contribution is 2.61. The van der Waals surface area contributed by atoms with Crippen LogP contribution in [-0.4, -0.2) is 5.54 Å². The van der Waals surface area contributed by atoms with Crippen molar-refractivity contribution in [2.24, 2.45) is 0 Å². The molecular formula is C38H35ClN2. The second kappa shape index (κ2) is 10.1. The lowest BCUT2D eigenvalue weighted by Gasteiger charge is -2.50. The maximum absolute atomic E-state index is 6.98. The number of benzene rings is 5. The molecule has 7 rings (SSSR count). The van der Waals surface area contributed by atoms with E-state index in [4.69, 9.17) is 11.6 Å². The van der Waals surface area contributed by atoms with E-state index in [9.17, 15) is 0 Å². The molecule has 0 spiro atoms. The van der Waals surface area contributed by atoms with Gasteiger partial charge in [-0.15, -0.1) is 0 Å². The molecule has 1 aliphatic carbocycles. The number of fused-ring (bicyclic) bond motifs is 3. The van der Waals surface area contributed by atoms with Crippen molar-refractivity contribution in [3.63, 3.8) is 0 Å². The second-order valence-corrected chi connectivity index (χ2v) is 12.4. The molecule has 1 fully saturated rings. The van der Waals surface area contributed by atoms with E-state index in [2.05, 4.69) is 151 Å². The van der Waals surface area contributed by atoms with Gasteiger partial charge in [0.25, 0.3) is 0 Å². The minimum atomic E-state index is -0.0603. The van der Waals surface area contributed by atoms with Crippen molar-refractivity contribution in [2.45, 2.75) is 50.5 Å². The Hall–Kier alpha value is -4.01. The van der Waals surface area contributed by atoms with Gasteiger partial charge in [-0.2, -0.15) is 0 Å². The van der Waals surface area contributed by atoms with Crippen molar-refractivity contribution < 1.29 is 0 Å². The molecule has 0 saturated heterocycles. The highest BCUT2D eigenvalue weighted by molar-refractivity contribution is 6.31. The van der Waals surface area contributed by atoms with Gasteiger partial charge in [0, 0.05) is 38.9 Å². The van der Waals surface area contributed by atoms with E-state index in [1.165, 1.54) is 41.6 Å². The van der Waals surface area contributed by atoms with Gasteiger partial charge < -0.3 is 9.80 Å². The molecule has 0 aromatic heterocycles. The summed E-state index contributed by atoms with van der Waals surface area (Å²) in [5.74, 6) is 0. The lowest BCUT2D eigenvalue weighted by atomic mass is 9.61. The van der Waals surface area contributed by atoms with Crippen molar-refractivity contribution in [1.29, 1.82) is 0 Å². The van der Waals surface area contributed by atoms with Crippen LogP contribution < -0.4 is 9.80 Å². The van der Waals surface area contributed by atoms with E-state index in [0.29, 0.717) is 0 Å². The van der Waals surface area contributed by atoms with E-state index < -0.39 is 0 Å². The number of rotatable bonds is 5. The highest BCUT2D eigenvalue weighted by atomic mass is 35.5. The second-order valence-electron chi connectivity index (χ2n) is 11.9. The van der Waals surface area contributed by atoms with Crippen molar-refractivity contribution in [3.05, 3.63) is 138 Å². The van der Waals surface area contributed by atoms with Crippen molar-refractivity contribution in [1.82, 2.24) is 0 Å². The predicted molar refractivity (Wildman–Crippen MR) is 174 cm³/mol. The molecule has 2 nitrogen and oxygen atoms in total. The van der Waals surface area contributed by atoms with Gasteiger partial charge in [0.2, 0.25) is 0 Å². The Morgan fingerprint density at radius 3 is 1.88 bits per heavy atom. The SMILES string of the molecule is CC12CCCCC1(C)N(c1cc(Cl)cc(N(c3ccccc3)c3ccccc3)c1)c1ccc(-c3ccccc3)cc12. The Bertz CT molecular complexity index is 1640. The molecule has 2 atom stereocenters. The first-order chi connectivity index (χ1) is 20.0. The molecule has 41 heavy (non-hydrogen) atoms. The van der Waals surface area contributed by atoms with Gasteiger partial charge in [0.05, 0.1) is 5.54 Å². The standard InChI is InChI=1S/C38H35ClN2/c1-37-22-12-13-23-38(37,2)41(36-21-20-29(24-35(36)37)28-14-6-3-7-15-28)34-26-30(39)25-33(27-34)40(31-16-8-4-9-17-31)32-18-10-5-11-19-32/h3-11,14-21,24-27H,12-13,22-23H2,1-2H3. The average molecular weight is 555 g/mol. The number of hydrogen-bond acceptors (Lipinski definition) is 2. The molecule has 0 N–H and O–H groups in total. The van der Waals surface area contributed by atoms with Gasteiger partial charge in [-0.1, -0.05) is 104 Å². The number of hydrogen-bond donors (Lipinski definition) is 0. The molecule has 0 radical (unpaired) electrons. The fourth-order valence-corrected chi connectivity index (χ4v) is 7.59. The summed E-state index contributed by atoms with van der Waals surface area (Å²) in [6.07, 6.45) is 4.81. The molecule has 1 heterocycles. The quantitative estimate of drug-likeness (QED) is 0.213. The molecule has 0 amide bonds. The number of para-hydroxylation sites is 2. The van der Waals surface area contributed by atoms with Crippen LogP contribution in [0.3, 0.4) is 0 Å². The van der Waals surface area contributed by atoms with Crippen LogP contribution in [0.2, 0.25) is 5.02 Å². The van der Waals surface area contributed by atoms with Gasteiger partial charge in [0.1, 0.15) is 0 Å². The lowest BCUT2D eigenvalue weighted by Crippen LogP contribution is -2.54. The van der Waals surface area contributed by atoms with E-state index in [0.717, 1.165) is 34.2 Å². The zero-order chi connectivity index (χ0) is 28.0. The van der Waals surface area contributed by atoms with E-state index in [1.807, 2.05) is 0 Å². The van der Waals surface area contributed by atoms with Crippen LogP contribution >= 0.6 is 11.6 Å². The summed E-state index contributed by atoms with van der Waals surface area (Å²) in [7, 11) is 0. The summed E-state index contributed by atoms with van der Waals surface area (Å²) in [5.41, 5.74) is 9.69. The summed E-state index contributed by atoms with van der Waals surface area (Å²) in [6, 6.07) is 45.5. The summed E-state index contributed by atoms with van der Waals surface area (Å²) < 4.78 is 0. The van der Waals surface area contributed by atoms with Crippen LogP contribution in [0.1, 0.15) is 45.1 Å². The third-order valence-corrected chi connectivity index (χ3v) is 9.84. The molecule has 2 aliphatic rings. The molecule has 204 valence electrons. The zero-order valence-electron chi connectivity index (χ0n) is 23.7. The Morgan fingerprint density at radius 2 is 1.22 bits per heavy atom. The Labute approximate surface area is 248 Å². The van der Waals surface area contributed by atoms with Crippen molar-refractivity contribution >= 4 is 40.0 Å². The van der Waals surface area contributed by atoms with Crippen molar-refractivity contribution in [2.75, 3.05) is 9.80 Å². The number of nitrogens with zero attached hydrogens (tertiary/aromatic N) is 2. The summed E-state index contributed by atoms with van der Waals surface area (Å²) in [5, 5.41) is 0.741. The molecule has 0 bridgehead atoms. The van der Waals surface area contributed by atoms with Gasteiger partial charge in [-0.05, 0) is 91.1 Å². The molecule has 3 heteroatoms. The monoisotopic (exact) mass is 554 g/mol. The van der Waals surface area contributed by atoms with Gasteiger partial charge in [-0.3, -0.25) is 0 Å². The smallest absolute Gasteiger partial charge is 0.0517 e. The molecule has 2 unspecified atom stereocenters. The average Bonchev–Trinajstić information content (AvgIpc) is 3.21. The molecule has 5 aromatic rings. The lowest BCUT2D eigenvalue weighted by molar-refractivity contribution is 0.195. The minimum Gasteiger partial charge on any atom is -0.334 e. The van der Waals surface area contributed by atoms with Crippen LogP contribution in [0, 0.1) is 0 Å². The van der Waals surface area contributed by atoms with Crippen LogP contribution in [0.5, 0.6) is 0 Å². The van der Waals surface area contributed by atoms with Crippen LogP contribution in [-0.2, 0) is 5.41 Å². The van der Waals surface area contributed by atoms with Crippen LogP contribution in [0.15, 0.2) is 127 Å². The predicted octanol–water partition coefficient (Wildman–Crippen LogP) is 11.2. The molecule has 1 aliphatic heterocycles. The third-order valence-electron chi connectivity index (χ3n) is 9.62. The molecule has 5 aromatic carbocycles. The summed E-state index contributed by atoms with van der Waals surface area (Å²) in [6.45, 7) is 4.96. The van der Waals surface area contributed by atoms with E-state index in [1.54, 1.807) is 0 Å². The van der Waals surface area contributed by atoms with Crippen LogP contribution in [0.4, 0.5) is 28.4 Å². The van der Waals surface area contributed by atoms with Crippen molar-refractivity contribution in [3.8, 4) is 11.1 Å². The zero-order valence-corrected chi connectivity index (χ0v) is 24.5. The first-order valence-corrected chi connectivity index (χ1v) is 15.1. The first kappa shape index (κ1) is 25.9. The fraction of sp³-hybridized carbons (Fsp3) is 0.211. The number of anilines is 5. The summed E-state index contributed by atoms with van der Waals surface area (Å²) in [4.78, 5) is 4.91. The third kappa shape index (κ3) is 4.24. The Kier molecular flexibility index (Phi) is 6.40. The largest absolute Gasteiger partial charge is 0.334 e. The van der Waals surface area contributed by atoms with Gasteiger partial charge in [-0.25, -0.2) is 0 Å². The Balaban J connectivity index is 1.41. The number of halogens is 1. The summed E-state index contributed by atoms with van der Waals surface area (Å²) >= 11 is 6.98. The Morgan fingerprint density at radius 1 is 0.610 bits per heavy atom. The van der Waals surface area contributed by atoms with Gasteiger partial charge in [0.15, 0.2) is 0 Å². The van der Waals surface area contributed by atoms with Crippen LogP contribution in [0.25, 0.3) is 11.1 Å². The highest BCUT2D eigenvalue weighted by Gasteiger charge is 2.57. The first-order valence-electron chi connectivity index (χ1n) is 14.7. The minimum absolute atomic E-state index is 0.0341. The molecule has 1 saturated carbocycles. The van der Waals surface area contributed by atoms with Gasteiger partial charge >= 0.3 is 0 Å². The topological polar surface area (TPSA) is 6.48 Å².